The molecule has 0 bridgehead atoms. The number of fused-ring (bicyclic) bond motifs is 2. The predicted molar refractivity (Wildman–Crippen MR) is 95.7 cm³/mol. The number of aromatic nitrogens is 6. The lowest BCUT2D eigenvalue weighted by Gasteiger charge is -2.33. The maximum atomic E-state index is 11.1. The van der Waals surface area contributed by atoms with E-state index in [1.165, 1.54) is 12.4 Å². The third-order valence-corrected chi connectivity index (χ3v) is 4.74. The van der Waals surface area contributed by atoms with Crippen LogP contribution in [0.3, 0.4) is 0 Å². The average molecular weight is 361 g/mol. The molecule has 1 atom stereocenters. The van der Waals surface area contributed by atoms with Crippen LogP contribution in [-0.4, -0.2) is 47.2 Å². The van der Waals surface area contributed by atoms with E-state index in [1.807, 2.05) is 39.9 Å². The van der Waals surface area contributed by atoms with Gasteiger partial charge in [0.25, 0.3) is 0 Å². The third kappa shape index (κ3) is 2.51. The van der Waals surface area contributed by atoms with Gasteiger partial charge in [-0.25, -0.2) is 24.3 Å². The second kappa shape index (κ2) is 5.90. The minimum Gasteiger partial charge on any atom is -0.478 e. The van der Waals surface area contributed by atoms with E-state index in [1.54, 1.807) is 6.33 Å². The molecule has 0 amide bonds. The van der Waals surface area contributed by atoms with Crippen LogP contribution >= 0.6 is 0 Å². The minimum absolute atomic E-state index is 0.0560. The molecule has 4 aromatic heterocycles. The highest BCUT2D eigenvalue weighted by atomic mass is 16.4. The second-order valence-corrected chi connectivity index (χ2v) is 6.33. The van der Waals surface area contributed by atoms with Gasteiger partial charge in [-0.3, -0.25) is 0 Å². The van der Waals surface area contributed by atoms with Crippen molar-refractivity contribution >= 4 is 17.4 Å². The number of nitrogens with zero attached hydrogens (tertiary/aromatic N) is 6. The smallest absolute Gasteiger partial charge is 0.338 e. The average Bonchev–Trinajstić information content (AvgIpc) is 3.33. The summed E-state index contributed by atoms with van der Waals surface area (Å²) in [7, 11) is 0. The number of carbonyl (C=O) groups is 1. The Labute approximate surface area is 153 Å². The zero-order valence-corrected chi connectivity index (χ0v) is 14.1. The molecule has 134 valence electrons. The maximum absolute atomic E-state index is 11.1. The van der Waals surface area contributed by atoms with Gasteiger partial charge in [-0.05, 0) is 18.2 Å². The van der Waals surface area contributed by atoms with Crippen LogP contribution in [-0.2, 0) is 6.42 Å². The van der Waals surface area contributed by atoms with Crippen molar-refractivity contribution in [3.63, 3.8) is 0 Å². The molecule has 2 N–H and O–H groups in total. The van der Waals surface area contributed by atoms with E-state index in [-0.39, 0.29) is 11.6 Å². The molecular formula is C18H15N7O2. The summed E-state index contributed by atoms with van der Waals surface area (Å²) in [6.07, 6.45) is 7.00. The first kappa shape index (κ1) is 15.5. The zero-order valence-electron chi connectivity index (χ0n) is 14.1. The number of hydrogen-bond acceptors (Lipinski definition) is 6. The fourth-order valence-electron chi connectivity index (χ4n) is 3.46. The minimum atomic E-state index is -1.05. The van der Waals surface area contributed by atoms with E-state index >= 15 is 0 Å². The lowest BCUT2D eigenvalue weighted by Crippen LogP contribution is -2.37. The van der Waals surface area contributed by atoms with Gasteiger partial charge in [0.2, 0.25) is 5.95 Å². The fourth-order valence-corrected chi connectivity index (χ4v) is 3.46. The van der Waals surface area contributed by atoms with E-state index in [0.29, 0.717) is 12.5 Å². The second-order valence-electron chi connectivity index (χ2n) is 6.33. The standard InChI is InChI=1S/C18H15N7O2/c26-17(27)11-8-19-18(20-9-11)24-6-4-13-15(22-10-21-13)16(24)14-7-12-3-1-2-5-25(12)23-14/h1-3,5,7-10,16H,4,6H2,(H,21,22)(H,26,27). The Morgan fingerprint density at radius 2 is 2.07 bits per heavy atom. The number of nitrogens with one attached hydrogen (secondary N) is 1. The molecule has 0 aromatic carbocycles. The molecule has 9 heteroatoms. The number of aromatic carboxylic acids is 1. The number of pyridine rings is 1. The molecule has 0 fully saturated rings. The van der Waals surface area contributed by atoms with Gasteiger partial charge in [0.15, 0.2) is 0 Å². The summed E-state index contributed by atoms with van der Waals surface area (Å²) in [5.74, 6) is -0.595. The van der Waals surface area contributed by atoms with Gasteiger partial charge in [0.05, 0.1) is 28.8 Å². The molecule has 1 unspecified atom stereocenters. The molecule has 1 aliphatic heterocycles. The van der Waals surface area contributed by atoms with Crippen LogP contribution in [0.1, 0.15) is 33.5 Å². The summed E-state index contributed by atoms with van der Waals surface area (Å²) in [4.78, 5) is 29.3. The highest BCUT2D eigenvalue weighted by Crippen LogP contribution is 2.35. The lowest BCUT2D eigenvalue weighted by atomic mass is 10.0. The van der Waals surface area contributed by atoms with Gasteiger partial charge in [-0.1, -0.05) is 6.07 Å². The largest absolute Gasteiger partial charge is 0.478 e. The Morgan fingerprint density at radius 3 is 2.85 bits per heavy atom. The number of hydrogen-bond donors (Lipinski definition) is 2. The zero-order chi connectivity index (χ0) is 18.4. The van der Waals surface area contributed by atoms with Crippen LogP contribution in [0, 0.1) is 0 Å². The van der Waals surface area contributed by atoms with Crippen molar-refractivity contribution in [2.75, 3.05) is 11.4 Å². The Balaban J connectivity index is 1.62. The van der Waals surface area contributed by atoms with Crippen LogP contribution < -0.4 is 4.90 Å². The van der Waals surface area contributed by atoms with Gasteiger partial charge < -0.3 is 15.0 Å². The number of H-pyrrole nitrogens is 1. The van der Waals surface area contributed by atoms with Crippen LogP contribution in [0.5, 0.6) is 0 Å². The summed E-state index contributed by atoms with van der Waals surface area (Å²) in [5, 5.41) is 13.8. The van der Waals surface area contributed by atoms with Crippen molar-refractivity contribution in [2.45, 2.75) is 12.5 Å². The Morgan fingerprint density at radius 1 is 1.22 bits per heavy atom. The number of anilines is 1. The normalized spacial score (nSPS) is 16.4. The molecule has 0 aliphatic carbocycles. The van der Waals surface area contributed by atoms with E-state index in [4.69, 9.17) is 10.2 Å². The molecule has 0 radical (unpaired) electrons. The van der Waals surface area contributed by atoms with E-state index in [0.717, 1.165) is 29.0 Å². The highest BCUT2D eigenvalue weighted by Gasteiger charge is 2.34. The molecular weight excluding hydrogens is 346 g/mol. The molecule has 0 spiro atoms. The monoisotopic (exact) mass is 361 g/mol. The molecule has 9 nitrogen and oxygen atoms in total. The van der Waals surface area contributed by atoms with Gasteiger partial charge in [-0.2, -0.15) is 5.10 Å². The molecule has 5 rings (SSSR count). The first-order valence-electron chi connectivity index (χ1n) is 8.49. The van der Waals surface area contributed by atoms with Gasteiger partial charge in [-0.15, -0.1) is 0 Å². The maximum Gasteiger partial charge on any atom is 0.338 e. The molecule has 27 heavy (non-hydrogen) atoms. The molecule has 4 aromatic rings. The van der Waals surface area contributed by atoms with Crippen LogP contribution in [0.25, 0.3) is 5.52 Å². The van der Waals surface area contributed by atoms with E-state index in [2.05, 4.69) is 19.9 Å². The van der Waals surface area contributed by atoms with E-state index in [9.17, 15) is 4.79 Å². The predicted octanol–water partition coefficient (Wildman–Crippen LogP) is 1.70. The van der Waals surface area contributed by atoms with Crippen molar-refractivity contribution in [2.24, 2.45) is 0 Å². The molecule has 0 saturated carbocycles. The summed E-state index contributed by atoms with van der Waals surface area (Å²) in [5.41, 5.74) is 3.82. The van der Waals surface area contributed by atoms with Crippen molar-refractivity contribution in [1.82, 2.24) is 29.5 Å². The topological polar surface area (TPSA) is 112 Å². The van der Waals surface area contributed by atoms with Crippen molar-refractivity contribution in [1.29, 1.82) is 0 Å². The van der Waals surface area contributed by atoms with Crippen LogP contribution in [0.2, 0.25) is 0 Å². The first-order chi connectivity index (χ1) is 13.2. The van der Waals surface area contributed by atoms with Gasteiger partial charge >= 0.3 is 5.97 Å². The number of aromatic amines is 1. The summed E-state index contributed by atoms with van der Waals surface area (Å²) < 4.78 is 1.82. The fraction of sp³-hybridized carbons (Fsp3) is 0.167. The Hall–Kier alpha value is -3.75. The van der Waals surface area contributed by atoms with Crippen LogP contribution in [0.4, 0.5) is 5.95 Å². The molecule has 0 saturated heterocycles. The Kier molecular flexibility index (Phi) is 3.39. The van der Waals surface area contributed by atoms with Crippen molar-refractivity contribution < 1.29 is 9.90 Å². The number of carboxylic acid groups (broad SMARTS) is 1. The number of carboxylic acids is 1. The first-order valence-corrected chi connectivity index (χ1v) is 8.49. The van der Waals surface area contributed by atoms with Gasteiger partial charge in [0.1, 0.15) is 6.04 Å². The quantitative estimate of drug-likeness (QED) is 0.571. The highest BCUT2D eigenvalue weighted by molar-refractivity contribution is 5.86. The SMILES string of the molecule is O=C(O)c1cnc(N2CCc3[nH]cnc3C2c2cc3ccccn3n2)nc1. The summed E-state index contributed by atoms with van der Waals surface area (Å²) in [6, 6.07) is 7.65. The van der Waals surface area contributed by atoms with Crippen LogP contribution in [0.15, 0.2) is 49.2 Å². The van der Waals surface area contributed by atoms with E-state index < -0.39 is 5.97 Å². The summed E-state index contributed by atoms with van der Waals surface area (Å²) in [6.45, 7) is 0.667. The molecule has 5 heterocycles. The van der Waals surface area contributed by atoms with Crippen molar-refractivity contribution in [3.8, 4) is 0 Å². The Bertz CT molecular complexity index is 1100. The van der Waals surface area contributed by atoms with Crippen molar-refractivity contribution in [3.05, 3.63) is 71.8 Å². The third-order valence-electron chi connectivity index (χ3n) is 4.74. The lowest BCUT2D eigenvalue weighted by molar-refractivity contribution is 0.0696. The molecule has 1 aliphatic rings. The number of rotatable bonds is 3. The van der Waals surface area contributed by atoms with Gasteiger partial charge in [0, 0.05) is 37.3 Å². The summed E-state index contributed by atoms with van der Waals surface area (Å²) >= 11 is 0. The number of imidazole rings is 1.